The van der Waals surface area contributed by atoms with Crippen molar-refractivity contribution in [2.24, 2.45) is 0 Å². The molecule has 0 bridgehead atoms. The van der Waals surface area contributed by atoms with E-state index in [1.165, 1.54) is 13.8 Å². The Hall–Kier alpha value is -2.06. The van der Waals surface area contributed by atoms with Crippen LogP contribution in [0.25, 0.3) is 0 Å². The van der Waals surface area contributed by atoms with Crippen molar-refractivity contribution >= 4 is 20.9 Å². The van der Waals surface area contributed by atoms with Gasteiger partial charge in [-0.2, -0.15) is 0 Å². The molecule has 0 amide bonds. The highest BCUT2D eigenvalue weighted by Gasteiger charge is 2.37. The molecule has 0 aliphatic rings. The van der Waals surface area contributed by atoms with Crippen LogP contribution in [0.4, 0.5) is 35.1 Å². The van der Waals surface area contributed by atoms with E-state index in [2.05, 4.69) is 0 Å². The first kappa shape index (κ1) is 24.2. The van der Waals surface area contributed by atoms with E-state index in [4.69, 9.17) is 0 Å². The van der Waals surface area contributed by atoms with E-state index in [0.29, 0.717) is 0 Å². The van der Waals surface area contributed by atoms with Crippen LogP contribution in [-0.2, 0) is 20.9 Å². The standard InChI is InChI=1S/C16H10F8O4S2/c1-3-4(2)5-6(17)8(19)14(9(20)7(5)18)29(25)15-10(21)12(23)16(30(26,27)28)13(24)11(15)22/h4H,3H2,1-2H3,(H,26,27,28)/p-1. The molecule has 2 rings (SSSR count). The van der Waals surface area contributed by atoms with Gasteiger partial charge < -0.3 is 4.55 Å². The van der Waals surface area contributed by atoms with Gasteiger partial charge in [-0.15, -0.1) is 0 Å². The minimum atomic E-state index is -6.11. The SMILES string of the molecule is CCC(C)c1c(F)c(F)c(S(=O)c2c(F)c(F)c(S(=O)(=O)[O-])c(F)c2F)c(F)c1F. The van der Waals surface area contributed by atoms with Crippen molar-refractivity contribution in [1.82, 2.24) is 0 Å². The molecule has 166 valence electrons. The molecule has 2 aromatic carbocycles. The smallest absolute Gasteiger partial charge is 0.180 e. The number of hydrogen-bond donors (Lipinski definition) is 0. The lowest BCUT2D eigenvalue weighted by Crippen LogP contribution is -2.17. The topological polar surface area (TPSA) is 74.3 Å². The van der Waals surface area contributed by atoms with Crippen molar-refractivity contribution in [1.29, 1.82) is 0 Å². The Morgan fingerprint density at radius 2 is 1.10 bits per heavy atom. The number of halogens is 8. The van der Waals surface area contributed by atoms with Crippen molar-refractivity contribution in [2.45, 2.75) is 40.9 Å². The van der Waals surface area contributed by atoms with Crippen LogP contribution in [0.5, 0.6) is 0 Å². The lowest BCUT2D eigenvalue weighted by Gasteiger charge is -2.17. The molecule has 4 nitrogen and oxygen atoms in total. The minimum absolute atomic E-state index is 0.0000337. The molecular weight excluding hydrogens is 472 g/mol. The van der Waals surface area contributed by atoms with E-state index in [-0.39, 0.29) is 6.42 Å². The first-order chi connectivity index (χ1) is 13.7. The van der Waals surface area contributed by atoms with Crippen molar-refractivity contribution in [3.8, 4) is 0 Å². The lowest BCUT2D eigenvalue weighted by atomic mass is 9.97. The molecule has 0 N–H and O–H groups in total. The highest BCUT2D eigenvalue weighted by atomic mass is 32.2. The molecule has 2 unspecified atom stereocenters. The number of hydrogen-bond acceptors (Lipinski definition) is 4. The molecule has 0 spiro atoms. The number of benzene rings is 2. The van der Waals surface area contributed by atoms with Gasteiger partial charge >= 0.3 is 0 Å². The molecule has 0 aliphatic carbocycles. The summed E-state index contributed by atoms with van der Waals surface area (Å²) >= 11 is 0. The Bertz CT molecular complexity index is 1120. The molecule has 30 heavy (non-hydrogen) atoms. The summed E-state index contributed by atoms with van der Waals surface area (Å²) in [5.74, 6) is -21.0. The maximum atomic E-state index is 14.3. The molecule has 14 heteroatoms. The van der Waals surface area contributed by atoms with Gasteiger partial charge in [-0.1, -0.05) is 13.8 Å². The Labute approximate surface area is 166 Å². The van der Waals surface area contributed by atoms with Gasteiger partial charge in [0.15, 0.2) is 46.5 Å². The van der Waals surface area contributed by atoms with Gasteiger partial charge in [-0.25, -0.2) is 47.8 Å². The van der Waals surface area contributed by atoms with Crippen LogP contribution in [0, 0.1) is 46.5 Å². The fraction of sp³-hybridized carbons (Fsp3) is 0.250. The zero-order valence-corrected chi connectivity index (χ0v) is 16.4. The van der Waals surface area contributed by atoms with Gasteiger partial charge in [0.2, 0.25) is 0 Å². The van der Waals surface area contributed by atoms with Crippen LogP contribution >= 0.6 is 0 Å². The summed E-state index contributed by atoms with van der Waals surface area (Å²) < 4.78 is 158. The fourth-order valence-corrected chi connectivity index (χ4v) is 4.34. The molecule has 0 saturated carbocycles. The second-order valence-electron chi connectivity index (χ2n) is 5.95. The molecule has 2 atom stereocenters. The van der Waals surface area contributed by atoms with Crippen LogP contribution in [0.1, 0.15) is 31.7 Å². The summed E-state index contributed by atoms with van der Waals surface area (Å²) in [5.41, 5.74) is -1.10. The molecule has 0 aliphatic heterocycles. The first-order valence-electron chi connectivity index (χ1n) is 7.77. The zero-order valence-electron chi connectivity index (χ0n) is 14.8. The molecule has 0 heterocycles. The molecule has 0 saturated heterocycles. The summed E-state index contributed by atoms with van der Waals surface area (Å²) in [7, 11) is -10.1. The Morgan fingerprint density at radius 1 is 0.767 bits per heavy atom. The van der Waals surface area contributed by atoms with E-state index in [1.54, 1.807) is 0 Å². The van der Waals surface area contributed by atoms with Crippen LogP contribution in [-0.4, -0.2) is 17.2 Å². The molecule has 0 fully saturated rings. The largest absolute Gasteiger partial charge is 0.744 e. The highest BCUT2D eigenvalue weighted by molar-refractivity contribution is 7.86. The molecule has 0 aromatic heterocycles. The second kappa shape index (κ2) is 8.23. The fourth-order valence-electron chi connectivity index (χ4n) is 2.50. The molecule has 2 aromatic rings. The van der Waals surface area contributed by atoms with Gasteiger partial charge in [0, 0.05) is 5.56 Å². The summed E-state index contributed by atoms with van der Waals surface area (Å²) in [6.07, 6.45) is -0.0000337. The van der Waals surface area contributed by atoms with Crippen LogP contribution in [0.15, 0.2) is 14.7 Å². The summed E-state index contributed by atoms with van der Waals surface area (Å²) in [4.78, 5) is -7.00. The number of rotatable bonds is 5. The van der Waals surface area contributed by atoms with Crippen LogP contribution < -0.4 is 0 Å². The summed E-state index contributed by atoms with van der Waals surface area (Å²) in [6, 6.07) is 0. The highest BCUT2D eigenvalue weighted by Crippen LogP contribution is 2.37. The molecule has 0 radical (unpaired) electrons. The predicted octanol–water partition coefficient (Wildman–Crippen LogP) is 4.38. The van der Waals surface area contributed by atoms with Crippen molar-refractivity contribution in [3.05, 3.63) is 52.1 Å². The monoisotopic (exact) mass is 481 g/mol. The van der Waals surface area contributed by atoms with Gasteiger partial charge in [-0.3, -0.25) is 0 Å². The average molecular weight is 481 g/mol. The van der Waals surface area contributed by atoms with Gasteiger partial charge in [-0.05, 0) is 12.3 Å². The van der Waals surface area contributed by atoms with E-state index in [1.807, 2.05) is 0 Å². The van der Waals surface area contributed by atoms with Crippen molar-refractivity contribution in [2.75, 3.05) is 0 Å². The van der Waals surface area contributed by atoms with Crippen LogP contribution in [0.3, 0.4) is 0 Å². The van der Waals surface area contributed by atoms with Crippen LogP contribution in [0.2, 0.25) is 0 Å². The Kier molecular flexibility index (Phi) is 6.64. The Morgan fingerprint density at radius 3 is 1.40 bits per heavy atom. The van der Waals surface area contributed by atoms with E-state index in [9.17, 15) is 52.3 Å². The maximum absolute atomic E-state index is 14.3. The third-order valence-corrected chi connectivity index (χ3v) is 6.48. The van der Waals surface area contributed by atoms with Gasteiger partial charge in [0.25, 0.3) is 0 Å². The summed E-state index contributed by atoms with van der Waals surface area (Å²) in [5, 5.41) is 0. The summed E-state index contributed by atoms with van der Waals surface area (Å²) in [6.45, 7) is 2.59. The second-order valence-corrected chi connectivity index (χ2v) is 8.62. The normalized spacial score (nSPS) is 14.1. The Balaban J connectivity index is 2.90. The zero-order chi connectivity index (χ0) is 23.3. The minimum Gasteiger partial charge on any atom is -0.744 e. The van der Waals surface area contributed by atoms with E-state index in [0.717, 1.165) is 0 Å². The van der Waals surface area contributed by atoms with E-state index >= 15 is 0 Å². The third-order valence-electron chi connectivity index (χ3n) is 4.17. The quantitative estimate of drug-likeness (QED) is 0.361. The van der Waals surface area contributed by atoms with Gasteiger partial charge in [0.05, 0.1) is 10.8 Å². The maximum Gasteiger partial charge on any atom is 0.180 e. The van der Waals surface area contributed by atoms with Crippen molar-refractivity contribution < 1.29 is 52.3 Å². The first-order valence-corrected chi connectivity index (χ1v) is 10.3. The predicted molar refractivity (Wildman–Crippen MR) is 83.9 cm³/mol. The average Bonchev–Trinajstić information content (AvgIpc) is 2.64. The van der Waals surface area contributed by atoms with E-state index < -0.39 is 93.6 Å². The van der Waals surface area contributed by atoms with Gasteiger partial charge in [0.1, 0.15) is 24.8 Å². The lowest BCUT2D eigenvalue weighted by molar-refractivity contribution is 0.377. The van der Waals surface area contributed by atoms with Crippen molar-refractivity contribution in [3.63, 3.8) is 0 Å². The molecular formula is C16H9F8O4S2-. The third kappa shape index (κ3) is 3.71.